The summed E-state index contributed by atoms with van der Waals surface area (Å²) in [5, 5.41) is -0.305. The van der Waals surface area contributed by atoms with Gasteiger partial charge >= 0.3 is 5.97 Å². The first-order valence-electron chi connectivity index (χ1n) is 5.63. The van der Waals surface area contributed by atoms with E-state index in [0.29, 0.717) is 5.56 Å². The number of hydrogen-bond donors (Lipinski definition) is 0. The number of ether oxygens (including phenoxy) is 1. The second-order valence-electron chi connectivity index (χ2n) is 4.19. The Balaban J connectivity index is 2.69. The highest BCUT2D eigenvalue weighted by Crippen LogP contribution is 2.15. The Morgan fingerprint density at radius 1 is 1.50 bits per heavy atom. The van der Waals surface area contributed by atoms with Gasteiger partial charge in [0.15, 0.2) is 0 Å². The third kappa shape index (κ3) is 4.22. The summed E-state index contributed by atoms with van der Waals surface area (Å²) < 4.78 is 29.6. The quantitative estimate of drug-likeness (QED) is 0.773. The van der Waals surface area contributed by atoms with E-state index in [9.17, 15) is 13.4 Å². The van der Waals surface area contributed by atoms with E-state index >= 15 is 0 Å². The fourth-order valence-electron chi connectivity index (χ4n) is 1.50. The molecule has 1 aromatic rings. The summed E-state index contributed by atoms with van der Waals surface area (Å²) in [7, 11) is 0.0763. The van der Waals surface area contributed by atoms with Crippen molar-refractivity contribution in [1.29, 1.82) is 0 Å². The molecule has 1 aromatic carbocycles. The smallest absolute Gasteiger partial charge is 0.306 e. The molecule has 0 fully saturated rings. The molecule has 2 unspecified atom stereocenters. The molecule has 1 rings (SSSR count). The van der Waals surface area contributed by atoms with Gasteiger partial charge in [-0.05, 0) is 30.2 Å². The van der Waals surface area contributed by atoms with Crippen molar-refractivity contribution in [2.24, 2.45) is 0 Å². The number of aryl methyl sites for hydroxylation is 1. The average molecular weight is 272 g/mol. The van der Waals surface area contributed by atoms with Gasteiger partial charge in [-0.1, -0.05) is 13.0 Å². The second kappa shape index (κ2) is 6.64. The zero-order valence-electron chi connectivity index (χ0n) is 10.7. The molecular formula is C13H17FO3S. The molecule has 0 amide bonds. The molecule has 0 aliphatic carbocycles. The number of esters is 1. The summed E-state index contributed by atoms with van der Waals surface area (Å²) in [5.41, 5.74) is 1.61. The van der Waals surface area contributed by atoms with Crippen molar-refractivity contribution in [3.63, 3.8) is 0 Å². The molecule has 5 heteroatoms. The Bertz CT molecular complexity index is 460. The number of hydrogen-bond acceptors (Lipinski definition) is 3. The molecule has 0 aliphatic rings. The molecule has 0 aliphatic heterocycles. The Labute approximate surface area is 109 Å². The van der Waals surface area contributed by atoms with Crippen molar-refractivity contribution >= 4 is 16.8 Å². The van der Waals surface area contributed by atoms with Gasteiger partial charge in [0.05, 0.1) is 13.5 Å². The zero-order chi connectivity index (χ0) is 13.7. The minimum atomic E-state index is -1.22. The molecule has 0 saturated carbocycles. The Hall–Kier alpha value is -1.23. The van der Waals surface area contributed by atoms with Crippen LogP contribution in [0.5, 0.6) is 0 Å². The van der Waals surface area contributed by atoms with E-state index in [0.717, 1.165) is 5.56 Å². The fourth-order valence-corrected chi connectivity index (χ4v) is 2.73. The standard InChI is InChI=1S/C13H17FO3S/c1-9-4-5-12(14)7-11(9)8-18(16)10(2)6-13(15)17-3/h4-5,7,10H,6,8H2,1-3H3. The fraction of sp³-hybridized carbons (Fsp3) is 0.462. The van der Waals surface area contributed by atoms with Gasteiger partial charge in [-0.2, -0.15) is 0 Å². The normalized spacial score (nSPS) is 14.0. The van der Waals surface area contributed by atoms with Crippen LogP contribution < -0.4 is 0 Å². The molecule has 0 heterocycles. The van der Waals surface area contributed by atoms with E-state index in [-0.39, 0.29) is 29.2 Å². The van der Waals surface area contributed by atoms with Gasteiger partial charge in [-0.25, -0.2) is 4.39 Å². The Morgan fingerprint density at radius 2 is 2.17 bits per heavy atom. The summed E-state index contributed by atoms with van der Waals surface area (Å²) >= 11 is 0. The van der Waals surface area contributed by atoms with Gasteiger partial charge in [-0.3, -0.25) is 9.00 Å². The van der Waals surface area contributed by atoms with Crippen molar-refractivity contribution in [3.05, 3.63) is 35.1 Å². The van der Waals surface area contributed by atoms with Crippen molar-refractivity contribution in [3.8, 4) is 0 Å². The molecule has 0 saturated heterocycles. The van der Waals surface area contributed by atoms with E-state index in [2.05, 4.69) is 4.74 Å². The number of methoxy groups -OCH3 is 1. The number of benzene rings is 1. The maximum absolute atomic E-state index is 13.1. The summed E-state index contributed by atoms with van der Waals surface area (Å²) in [5.74, 6) is -0.470. The number of carbonyl (C=O) groups excluding carboxylic acids is 1. The first-order valence-corrected chi connectivity index (χ1v) is 7.01. The van der Waals surface area contributed by atoms with Gasteiger partial charge in [0.1, 0.15) is 5.82 Å². The molecule has 0 bridgehead atoms. The van der Waals surface area contributed by atoms with Crippen molar-refractivity contribution < 1.29 is 18.1 Å². The van der Waals surface area contributed by atoms with Crippen LogP contribution in [0.15, 0.2) is 18.2 Å². The molecule has 2 atom stereocenters. The molecule has 100 valence electrons. The maximum Gasteiger partial charge on any atom is 0.306 e. The Kier molecular flexibility index (Phi) is 5.47. The van der Waals surface area contributed by atoms with Crippen LogP contribution in [0.1, 0.15) is 24.5 Å². The number of halogens is 1. The highest BCUT2D eigenvalue weighted by Gasteiger charge is 2.17. The first-order chi connectivity index (χ1) is 8.43. The summed E-state index contributed by atoms with van der Waals surface area (Å²) in [6, 6.07) is 4.42. The van der Waals surface area contributed by atoms with E-state index in [1.807, 2.05) is 6.92 Å². The molecule has 0 spiro atoms. The van der Waals surface area contributed by atoms with Crippen LogP contribution in [0.4, 0.5) is 4.39 Å². The lowest BCUT2D eigenvalue weighted by atomic mass is 10.1. The van der Waals surface area contributed by atoms with Gasteiger partial charge in [0.25, 0.3) is 0 Å². The van der Waals surface area contributed by atoms with Gasteiger partial charge in [0.2, 0.25) is 0 Å². The third-order valence-electron chi connectivity index (χ3n) is 2.74. The van der Waals surface area contributed by atoms with Crippen LogP contribution in [0.2, 0.25) is 0 Å². The van der Waals surface area contributed by atoms with Crippen LogP contribution in [0, 0.1) is 12.7 Å². The van der Waals surface area contributed by atoms with E-state index in [4.69, 9.17) is 0 Å². The van der Waals surface area contributed by atoms with Crippen LogP contribution in [0.25, 0.3) is 0 Å². The van der Waals surface area contributed by atoms with Crippen molar-refractivity contribution in [2.75, 3.05) is 7.11 Å². The minimum Gasteiger partial charge on any atom is -0.469 e. The van der Waals surface area contributed by atoms with Gasteiger partial charge < -0.3 is 4.74 Å². The van der Waals surface area contributed by atoms with Crippen LogP contribution >= 0.6 is 0 Å². The molecular weight excluding hydrogens is 255 g/mol. The van der Waals surface area contributed by atoms with Crippen LogP contribution in [-0.2, 0) is 26.1 Å². The van der Waals surface area contributed by atoms with Crippen LogP contribution in [-0.4, -0.2) is 22.5 Å². The van der Waals surface area contributed by atoms with Crippen molar-refractivity contribution in [1.82, 2.24) is 0 Å². The lowest BCUT2D eigenvalue weighted by Crippen LogP contribution is -2.18. The van der Waals surface area contributed by atoms with Crippen molar-refractivity contribution in [2.45, 2.75) is 31.3 Å². The van der Waals surface area contributed by atoms with E-state index in [1.165, 1.54) is 19.2 Å². The highest BCUT2D eigenvalue weighted by molar-refractivity contribution is 7.84. The SMILES string of the molecule is COC(=O)CC(C)S(=O)Cc1cc(F)ccc1C. The summed E-state index contributed by atoms with van der Waals surface area (Å²) in [6.45, 7) is 3.57. The lowest BCUT2D eigenvalue weighted by Gasteiger charge is -2.11. The Morgan fingerprint density at radius 3 is 2.78 bits per heavy atom. The average Bonchev–Trinajstić information content (AvgIpc) is 2.33. The molecule has 3 nitrogen and oxygen atoms in total. The summed E-state index contributed by atoms with van der Waals surface area (Å²) in [4.78, 5) is 11.1. The summed E-state index contributed by atoms with van der Waals surface area (Å²) in [6.07, 6.45) is 0.109. The van der Waals surface area contributed by atoms with E-state index < -0.39 is 10.8 Å². The number of carbonyl (C=O) groups is 1. The maximum atomic E-state index is 13.1. The first kappa shape index (κ1) is 14.8. The minimum absolute atomic E-state index is 0.109. The van der Waals surface area contributed by atoms with E-state index in [1.54, 1.807) is 13.0 Å². The molecule has 18 heavy (non-hydrogen) atoms. The predicted octanol–water partition coefficient (Wildman–Crippen LogP) is 2.33. The highest BCUT2D eigenvalue weighted by atomic mass is 32.2. The monoisotopic (exact) mass is 272 g/mol. The lowest BCUT2D eigenvalue weighted by molar-refractivity contribution is -0.140. The molecule has 0 N–H and O–H groups in total. The topological polar surface area (TPSA) is 43.4 Å². The second-order valence-corrected chi connectivity index (χ2v) is 6.04. The van der Waals surface area contributed by atoms with Gasteiger partial charge in [-0.15, -0.1) is 0 Å². The zero-order valence-corrected chi connectivity index (χ0v) is 11.6. The molecule has 0 aromatic heterocycles. The predicted molar refractivity (Wildman–Crippen MR) is 69.1 cm³/mol. The molecule has 0 radical (unpaired) electrons. The van der Waals surface area contributed by atoms with Crippen LogP contribution in [0.3, 0.4) is 0 Å². The number of rotatable bonds is 5. The third-order valence-corrected chi connectivity index (χ3v) is 4.40. The van der Waals surface area contributed by atoms with Gasteiger partial charge in [0, 0.05) is 21.8 Å². The largest absolute Gasteiger partial charge is 0.469 e.